The molecule has 2 aromatic heterocycles. The van der Waals surface area contributed by atoms with Crippen molar-refractivity contribution in [2.75, 3.05) is 0 Å². The van der Waals surface area contributed by atoms with E-state index in [9.17, 15) is 10.5 Å². The topological polar surface area (TPSA) is 78.5 Å². The van der Waals surface area contributed by atoms with E-state index in [2.05, 4.69) is 108 Å². The van der Waals surface area contributed by atoms with E-state index >= 15 is 0 Å². The molecule has 10 rings (SSSR count). The Labute approximate surface area is 269 Å². The average Bonchev–Trinajstić information content (AvgIpc) is 3.88. The van der Waals surface area contributed by atoms with Gasteiger partial charge in [-0.25, -0.2) is 4.98 Å². The van der Waals surface area contributed by atoms with Gasteiger partial charge in [0, 0.05) is 16.6 Å². The number of fused-ring (bicyclic) bond motifs is 13. The van der Waals surface area contributed by atoms with Gasteiger partial charge >= 0.3 is 0 Å². The molecule has 0 radical (unpaired) electrons. The molecule has 216 valence electrons. The summed E-state index contributed by atoms with van der Waals surface area (Å²) in [5.41, 5.74) is 13.8. The summed E-state index contributed by atoms with van der Waals surface area (Å²) in [6.07, 6.45) is 1.54. The summed E-state index contributed by atoms with van der Waals surface area (Å²) in [4.78, 5) is 5.16. The van der Waals surface area contributed by atoms with E-state index in [1.165, 1.54) is 0 Å². The Morgan fingerprint density at radius 2 is 1.43 bits per heavy atom. The second-order valence-electron chi connectivity index (χ2n) is 12.1. The van der Waals surface area contributed by atoms with Crippen LogP contribution in [0, 0.1) is 22.7 Å². The van der Waals surface area contributed by atoms with Crippen LogP contribution in [0.5, 0.6) is 0 Å². The molecule has 0 amide bonds. The molecule has 2 aliphatic carbocycles. The highest BCUT2D eigenvalue weighted by atomic mass is 16.3. The van der Waals surface area contributed by atoms with Crippen LogP contribution in [0.1, 0.15) is 33.4 Å². The molecule has 47 heavy (non-hydrogen) atoms. The number of furan rings is 1. The van der Waals surface area contributed by atoms with E-state index in [1.54, 1.807) is 6.26 Å². The lowest BCUT2D eigenvalue weighted by Crippen LogP contribution is -2.26. The number of para-hydroxylation sites is 3. The van der Waals surface area contributed by atoms with Crippen LogP contribution < -0.4 is 0 Å². The summed E-state index contributed by atoms with van der Waals surface area (Å²) in [6, 6.07) is 48.6. The first-order chi connectivity index (χ1) is 23.2. The lowest BCUT2D eigenvalue weighted by atomic mass is 9.70. The molecule has 0 N–H and O–H groups in total. The third kappa shape index (κ3) is 3.17. The molecule has 0 saturated heterocycles. The first-order valence-corrected chi connectivity index (χ1v) is 15.5. The van der Waals surface area contributed by atoms with Gasteiger partial charge in [0.2, 0.25) is 0 Å². The molecular weight excluding hydrogens is 576 g/mol. The second kappa shape index (κ2) is 9.17. The van der Waals surface area contributed by atoms with E-state index < -0.39 is 5.41 Å². The van der Waals surface area contributed by atoms with E-state index in [0.29, 0.717) is 16.7 Å². The van der Waals surface area contributed by atoms with Gasteiger partial charge in [-0.15, -0.1) is 0 Å². The molecule has 0 fully saturated rings. The zero-order valence-corrected chi connectivity index (χ0v) is 24.9. The summed E-state index contributed by atoms with van der Waals surface area (Å²) in [6.45, 7) is 0. The van der Waals surface area contributed by atoms with E-state index in [-0.39, 0.29) is 0 Å². The van der Waals surface area contributed by atoms with Crippen molar-refractivity contribution in [2.45, 2.75) is 5.41 Å². The Bertz CT molecular complexity index is 2720. The standard InChI is InChI=1S/C42H22N4O/c43-22-25-14-16-30-35(20-25)42(34-18-19-38-39(40(30)34)27(23-44)24-47-38)32-11-5-4-10-29(32)31-21-26(15-17-33(31)42)41-45-36-12-6-7-13-37(36)46(41)28-8-2-1-3-9-28/h1-21,24H. The quantitative estimate of drug-likeness (QED) is 0.199. The van der Waals surface area contributed by atoms with Crippen LogP contribution in [0.15, 0.2) is 138 Å². The fourth-order valence-corrected chi connectivity index (χ4v) is 8.15. The number of benzene rings is 6. The monoisotopic (exact) mass is 598 g/mol. The van der Waals surface area contributed by atoms with Crippen LogP contribution in [-0.2, 0) is 5.41 Å². The Kier molecular flexibility index (Phi) is 5.00. The van der Waals surface area contributed by atoms with Gasteiger partial charge in [-0.2, -0.15) is 10.5 Å². The lowest BCUT2D eigenvalue weighted by molar-refractivity contribution is 0.614. The van der Waals surface area contributed by atoms with Gasteiger partial charge in [-0.3, -0.25) is 4.57 Å². The lowest BCUT2D eigenvalue weighted by Gasteiger charge is -2.30. The molecule has 2 aliphatic rings. The molecule has 1 spiro atoms. The number of hydrogen-bond acceptors (Lipinski definition) is 4. The van der Waals surface area contributed by atoms with Crippen molar-refractivity contribution in [1.82, 2.24) is 9.55 Å². The highest BCUT2D eigenvalue weighted by Crippen LogP contribution is 2.64. The van der Waals surface area contributed by atoms with Crippen LogP contribution in [0.4, 0.5) is 0 Å². The van der Waals surface area contributed by atoms with Crippen molar-refractivity contribution in [3.8, 4) is 51.5 Å². The minimum absolute atomic E-state index is 0.505. The number of imidazole rings is 1. The predicted octanol–water partition coefficient (Wildman–Crippen LogP) is 9.53. The fraction of sp³-hybridized carbons (Fsp3) is 0.0238. The summed E-state index contributed by atoms with van der Waals surface area (Å²) >= 11 is 0. The normalized spacial score (nSPS) is 15.3. The highest BCUT2D eigenvalue weighted by Gasteiger charge is 2.52. The molecule has 0 saturated carbocycles. The first kappa shape index (κ1) is 25.6. The largest absolute Gasteiger partial charge is 0.463 e. The van der Waals surface area contributed by atoms with Gasteiger partial charge in [-0.05, 0) is 93.0 Å². The van der Waals surface area contributed by atoms with E-state index in [1.807, 2.05) is 36.4 Å². The fourth-order valence-electron chi connectivity index (χ4n) is 8.15. The molecule has 5 heteroatoms. The molecule has 5 nitrogen and oxygen atoms in total. The van der Waals surface area contributed by atoms with Crippen LogP contribution in [0.2, 0.25) is 0 Å². The molecule has 1 atom stereocenters. The number of aromatic nitrogens is 2. The van der Waals surface area contributed by atoms with Crippen LogP contribution >= 0.6 is 0 Å². The minimum atomic E-state index is -0.681. The van der Waals surface area contributed by atoms with Crippen molar-refractivity contribution in [1.29, 1.82) is 10.5 Å². The molecule has 0 bridgehead atoms. The SMILES string of the molecule is N#Cc1ccc2c(c1)C1(c3ccccc3-c3cc(-c4nc5ccccc5n4-c4ccccc4)ccc31)c1ccc3occ(C#N)c3c1-2. The summed E-state index contributed by atoms with van der Waals surface area (Å²) in [5, 5.41) is 21.0. The zero-order valence-electron chi connectivity index (χ0n) is 24.9. The van der Waals surface area contributed by atoms with Crippen molar-refractivity contribution >= 4 is 22.0 Å². The summed E-state index contributed by atoms with van der Waals surface area (Å²) in [7, 11) is 0. The number of rotatable bonds is 2. The van der Waals surface area contributed by atoms with Crippen molar-refractivity contribution in [3.05, 3.63) is 167 Å². The third-order valence-electron chi connectivity index (χ3n) is 9.96. The molecular formula is C42H22N4O. The van der Waals surface area contributed by atoms with Gasteiger partial charge in [0.05, 0.1) is 33.6 Å². The Morgan fingerprint density at radius 1 is 0.638 bits per heavy atom. The number of hydrogen-bond donors (Lipinski definition) is 0. The zero-order chi connectivity index (χ0) is 31.3. The third-order valence-corrected chi connectivity index (χ3v) is 9.96. The average molecular weight is 599 g/mol. The first-order valence-electron chi connectivity index (χ1n) is 15.5. The van der Waals surface area contributed by atoms with Crippen molar-refractivity contribution in [2.24, 2.45) is 0 Å². The maximum atomic E-state index is 10.1. The van der Waals surface area contributed by atoms with Gasteiger partial charge < -0.3 is 4.42 Å². The maximum absolute atomic E-state index is 10.1. The van der Waals surface area contributed by atoms with Gasteiger partial charge in [0.25, 0.3) is 0 Å². The Balaban J connectivity index is 1.31. The molecule has 6 aromatic carbocycles. The molecule has 8 aromatic rings. The van der Waals surface area contributed by atoms with Crippen LogP contribution in [0.3, 0.4) is 0 Å². The maximum Gasteiger partial charge on any atom is 0.145 e. The molecule has 1 unspecified atom stereocenters. The van der Waals surface area contributed by atoms with Gasteiger partial charge in [-0.1, -0.05) is 78.9 Å². The van der Waals surface area contributed by atoms with Gasteiger partial charge in [0.15, 0.2) is 0 Å². The molecule has 0 aliphatic heterocycles. The van der Waals surface area contributed by atoms with Crippen LogP contribution in [-0.4, -0.2) is 9.55 Å². The Hall–Kier alpha value is -6.69. The van der Waals surface area contributed by atoms with Gasteiger partial charge in [0.1, 0.15) is 23.7 Å². The summed E-state index contributed by atoms with van der Waals surface area (Å²) in [5.74, 6) is 0.872. The number of nitriles is 2. The van der Waals surface area contributed by atoms with Crippen molar-refractivity contribution in [3.63, 3.8) is 0 Å². The van der Waals surface area contributed by atoms with E-state index in [0.717, 1.165) is 78.0 Å². The Morgan fingerprint density at radius 3 is 2.30 bits per heavy atom. The van der Waals surface area contributed by atoms with Crippen LogP contribution in [0.25, 0.3) is 61.3 Å². The summed E-state index contributed by atoms with van der Waals surface area (Å²) < 4.78 is 8.10. The second-order valence-corrected chi connectivity index (χ2v) is 12.1. The van der Waals surface area contributed by atoms with E-state index in [4.69, 9.17) is 9.40 Å². The smallest absolute Gasteiger partial charge is 0.145 e. The highest BCUT2D eigenvalue weighted by molar-refractivity contribution is 6.07. The minimum Gasteiger partial charge on any atom is -0.463 e. The molecule has 2 heterocycles. The number of nitrogens with zero attached hydrogens (tertiary/aromatic N) is 4. The van der Waals surface area contributed by atoms with Crippen molar-refractivity contribution < 1.29 is 4.42 Å². The predicted molar refractivity (Wildman–Crippen MR) is 182 cm³/mol.